The van der Waals surface area contributed by atoms with Crippen LogP contribution in [0.15, 0.2) is 29.2 Å². The summed E-state index contributed by atoms with van der Waals surface area (Å²) in [5, 5.41) is 8.96. The number of rotatable bonds is 6. The Balaban J connectivity index is 2.84. The van der Waals surface area contributed by atoms with E-state index in [-0.39, 0.29) is 17.4 Å². The second-order valence-corrected chi connectivity index (χ2v) is 6.26. The number of halogens is 1. The average Bonchev–Trinajstić information content (AvgIpc) is 2.28. The molecule has 1 aromatic carbocycles. The van der Waals surface area contributed by atoms with Crippen molar-refractivity contribution in [3.8, 4) is 0 Å². The number of aliphatic carboxylic acids is 1. The van der Waals surface area contributed by atoms with Crippen LogP contribution in [0.3, 0.4) is 0 Å². The summed E-state index contributed by atoms with van der Waals surface area (Å²) in [6, 6.07) is 4.54. The molecule has 1 atom stereocenters. The predicted molar refractivity (Wildman–Crippen MR) is 67.6 cm³/mol. The first-order chi connectivity index (χ1) is 8.74. The first kappa shape index (κ1) is 15.6. The van der Waals surface area contributed by atoms with Crippen LogP contribution in [0, 0.1) is 17.7 Å². The molecule has 0 aromatic heterocycles. The summed E-state index contributed by atoms with van der Waals surface area (Å²) in [6.45, 7) is 3.15. The summed E-state index contributed by atoms with van der Waals surface area (Å²) in [7, 11) is -3.90. The Labute approximate surface area is 111 Å². The SMILES string of the molecule is CC(C)C(CNS(=O)(=O)c1cccc(F)c1)C(=O)O. The van der Waals surface area contributed by atoms with Gasteiger partial charge in [-0.25, -0.2) is 17.5 Å². The molecule has 1 unspecified atom stereocenters. The fourth-order valence-corrected chi connectivity index (χ4v) is 2.62. The molecule has 0 saturated heterocycles. The zero-order chi connectivity index (χ0) is 14.6. The lowest BCUT2D eigenvalue weighted by molar-refractivity contribution is -0.142. The van der Waals surface area contributed by atoms with Crippen molar-refractivity contribution in [1.82, 2.24) is 4.72 Å². The number of carbonyl (C=O) groups is 1. The van der Waals surface area contributed by atoms with Gasteiger partial charge in [0.25, 0.3) is 0 Å². The molecule has 106 valence electrons. The smallest absolute Gasteiger partial charge is 0.308 e. The minimum atomic E-state index is -3.90. The third kappa shape index (κ3) is 4.29. The van der Waals surface area contributed by atoms with Crippen LogP contribution in [0.4, 0.5) is 4.39 Å². The maximum atomic E-state index is 13.0. The molecule has 0 spiro atoms. The van der Waals surface area contributed by atoms with Crippen LogP contribution in [0.5, 0.6) is 0 Å². The van der Waals surface area contributed by atoms with E-state index in [9.17, 15) is 17.6 Å². The molecule has 0 aliphatic heterocycles. The summed E-state index contributed by atoms with van der Waals surface area (Å²) < 4.78 is 38.9. The van der Waals surface area contributed by atoms with Crippen LogP contribution in [0.2, 0.25) is 0 Å². The van der Waals surface area contributed by atoms with E-state index >= 15 is 0 Å². The molecule has 0 saturated carbocycles. The van der Waals surface area contributed by atoms with Crippen molar-refractivity contribution in [3.05, 3.63) is 30.1 Å². The third-order valence-corrected chi connectivity index (χ3v) is 4.14. The lowest BCUT2D eigenvalue weighted by Crippen LogP contribution is -2.35. The van der Waals surface area contributed by atoms with E-state index in [0.717, 1.165) is 12.1 Å². The normalized spacial score (nSPS) is 13.5. The van der Waals surface area contributed by atoms with Crippen molar-refractivity contribution in [2.75, 3.05) is 6.54 Å². The number of nitrogens with one attached hydrogen (secondary N) is 1. The molecule has 0 amide bonds. The molecule has 7 heteroatoms. The van der Waals surface area contributed by atoms with E-state index in [1.807, 2.05) is 0 Å². The Kier molecular flexibility index (Phi) is 5.02. The van der Waals surface area contributed by atoms with Crippen LogP contribution < -0.4 is 4.72 Å². The topological polar surface area (TPSA) is 83.5 Å². The number of hydrogen-bond donors (Lipinski definition) is 2. The first-order valence-electron chi connectivity index (χ1n) is 5.72. The van der Waals surface area contributed by atoms with Gasteiger partial charge in [-0.3, -0.25) is 4.79 Å². The highest BCUT2D eigenvalue weighted by Gasteiger charge is 2.24. The summed E-state index contributed by atoms with van der Waals surface area (Å²) >= 11 is 0. The molecule has 0 aliphatic rings. The lowest BCUT2D eigenvalue weighted by atomic mass is 9.97. The largest absolute Gasteiger partial charge is 0.481 e. The van der Waals surface area contributed by atoms with Crippen LogP contribution in [0.25, 0.3) is 0 Å². The molecule has 0 aliphatic carbocycles. The van der Waals surface area contributed by atoms with Gasteiger partial charge in [0.15, 0.2) is 0 Å². The molecule has 19 heavy (non-hydrogen) atoms. The Morgan fingerprint density at radius 3 is 2.53 bits per heavy atom. The van der Waals surface area contributed by atoms with Crippen LogP contribution in [-0.4, -0.2) is 26.0 Å². The van der Waals surface area contributed by atoms with Gasteiger partial charge in [0, 0.05) is 6.54 Å². The summed E-state index contributed by atoms with van der Waals surface area (Å²) in [5.41, 5.74) is 0. The Morgan fingerprint density at radius 2 is 2.05 bits per heavy atom. The van der Waals surface area contributed by atoms with Gasteiger partial charge in [0.1, 0.15) is 5.82 Å². The van der Waals surface area contributed by atoms with E-state index in [4.69, 9.17) is 5.11 Å². The van der Waals surface area contributed by atoms with Crippen LogP contribution in [0.1, 0.15) is 13.8 Å². The molecule has 1 aromatic rings. The maximum absolute atomic E-state index is 13.0. The fourth-order valence-electron chi connectivity index (χ4n) is 1.53. The zero-order valence-corrected chi connectivity index (χ0v) is 11.4. The molecule has 0 heterocycles. The molecule has 0 radical (unpaired) electrons. The zero-order valence-electron chi connectivity index (χ0n) is 10.6. The van der Waals surface area contributed by atoms with Crippen molar-refractivity contribution < 1.29 is 22.7 Å². The van der Waals surface area contributed by atoms with Crippen molar-refractivity contribution in [2.45, 2.75) is 18.7 Å². The molecule has 2 N–H and O–H groups in total. The highest BCUT2D eigenvalue weighted by molar-refractivity contribution is 7.89. The molecular weight excluding hydrogens is 273 g/mol. The van der Waals surface area contributed by atoms with Crippen LogP contribution >= 0.6 is 0 Å². The van der Waals surface area contributed by atoms with Gasteiger partial charge in [-0.2, -0.15) is 0 Å². The minimum Gasteiger partial charge on any atom is -0.481 e. The van der Waals surface area contributed by atoms with E-state index < -0.39 is 27.7 Å². The van der Waals surface area contributed by atoms with Gasteiger partial charge in [-0.15, -0.1) is 0 Å². The molecular formula is C12H16FNO4S. The fraction of sp³-hybridized carbons (Fsp3) is 0.417. The number of hydrogen-bond acceptors (Lipinski definition) is 3. The van der Waals surface area contributed by atoms with Crippen LogP contribution in [-0.2, 0) is 14.8 Å². The molecule has 5 nitrogen and oxygen atoms in total. The number of carboxylic acids is 1. The summed E-state index contributed by atoms with van der Waals surface area (Å²) in [6.07, 6.45) is 0. The number of benzene rings is 1. The van der Waals surface area contributed by atoms with Gasteiger partial charge in [-0.05, 0) is 24.1 Å². The third-order valence-electron chi connectivity index (χ3n) is 2.72. The summed E-state index contributed by atoms with van der Waals surface area (Å²) in [4.78, 5) is 10.7. The van der Waals surface area contributed by atoms with Gasteiger partial charge in [-0.1, -0.05) is 19.9 Å². The van der Waals surface area contributed by atoms with Gasteiger partial charge in [0.2, 0.25) is 10.0 Å². The molecule has 0 bridgehead atoms. The van der Waals surface area contributed by atoms with Crippen molar-refractivity contribution in [1.29, 1.82) is 0 Å². The monoisotopic (exact) mass is 289 g/mol. The molecule has 1 rings (SSSR count). The quantitative estimate of drug-likeness (QED) is 0.830. The number of sulfonamides is 1. The van der Waals surface area contributed by atoms with E-state index in [1.165, 1.54) is 12.1 Å². The van der Waals surface area contributed by atoms with E-state index in [2.05, 4.69) is 4.72 Å². The maximum Gasteiger partial charge on any atom is 0.308 e. The van der Waals surface area contributed by atoms with Crippen molar-refractivity contribution in [3.63, 3.8) is 0 Å². The first-order valence-corrected chi connectivity index (χ1v) is 7.20. The highest BCUT2D eigenvalue weighted by atomic mass is 32.2. The Morgan fingerprint density at radius 1 is 1.42 bits per heavy atom. The second kappa shape index (κ2) is 6.12. The summed E-state index contributed by atoms with van der Waals surface area (Å²) in [5.74, 6) is -2.78. The Bertz CT molecular complexity index is 557. The van der Waals surface area contributed by atoms with Gasteiger partial charge < -0.3 is 5.11 Å². The average molecular weight is 289 g/mol. The Hall–Kier alpha value is -1.47. The highest BCUT2D eigenvalue weighted by Crippen LogP contribution is 2.13. The van der Waals surface area contributed by atoms with Gasteiger partial charge >= 0.3 is 5.97 Å². The lowest BCUT2D eigenvalue weighted by Gasteiger charge is -2.16. The number of carboxylic acid groups (broad SMARTS) is 1. The van der Waals surface area contributed by atoms with Gasteiger partial charge in [0.05, 0.1) is 10.8 Å². The minimum absolute atomic E-state index is 0.215. The molecule has 0 fully saturated rings. The van der Waals surface area contributed by atoms with Crippen molar-refractivity contribution in [2.24, 2.45) is 11.8 Å². The predicted octanol–water partition coefficient (Wildman–Crippen LogP) is 1.46. The van der Waals surface area contributed by atoms with E-state index in [0.29, 0.717) is 0 Å². The van der Waals surface area contributed by atoms with Crippen molar-refractivity contribution >= 4 is 16.0 Å². The second-order valence-electron chi connectivity index (χ2n) is 4.50. The van der Waals surface area contributed by atoms with E-state index in [1.54, 1.807) is 13.8 Å². The standard InChI is InChI=1S/C12H16FNO4S/c1-8(2)11(12(15)16)7-14-19(17,18)10-5-3-4-9(13)6-10/h3-6,8,11,14H,7H2,1-2H3,(H,15,16).